The fourth-order valence-corrected chi connectivity index (χ4v) is 3.45. The lowest BCUT2D eigenvalue weighted by atomic mass is 10.0. The number of rotatable bonds is 6. The highest BCUT2D eigenvalue weighted by Crippen LogP contribution is 2.25. The van der Waals surface area contributed by atoms with E-state index in [0.717, 1.165) is 10.9 Å². The van der Waals surface area contributed by atoms with Crippen LogP contribution in [0.25, 0.3) is 16.7 Å². The molecule has 1 amide bonds. The minimum atomic E-state index is -0.594. The number of carbonyl (C=O) groups is 1. The molecule has 0 aliphatic heterocycles. The Labute approximate surface area is 181 Å². The Morgan fingerprint density at radius 3 is 2.75 bits per heavy atom. The zero-order valence-corrected chi connectivity index (χ0v) is 17.7. The third-order valence-corrected chi connectivity index (χ3v) is 5.19. The summed E-state index contributed by atoms with van der Waals surface area (Å²) in [6.45, 7) is 3.51. The zero-order valence-electron chi connectivity index (χ0n) is 17.7. The smallest absolute Gasteiger partial charge is 0.339 e. The molecule has 0 radical (unpaired) electrons. The van der Waals surface area contributed by atoms with Gasteiger partial charge in [-0.3, -0.25) is 4.79 Å². The number of hydrogen-bond donors (Lipinski definition) is 1. The molecule has 4 rings (SSSR count). The van der Waals surface area contributed by atoms with E-state index in [1.165, 1.54) is 30.0 Å². The van der Waals surface area contributed by atoms with Crippen LogP contribution in [0.1, 0.15) is 23.4 Å². The van der Waals surface area contributed by atoms with Gasteiger partial charge in [0.15, 0.2) is 5.82 Å². The molecule has 0 unspecified atom stereocenters. The molecule has 1 N–H and O–H groups in total. The summed E-state index contributed by atoms with van der Waals surface area (Å²) >= 11 is 0. The molecule has 0 atom stereocenters. The van der Waals surface area contributed by atoms with E-state index in [-0.39, 0.29) is 18.5 Å². The molecule has 0 aliphatic carbocycles. The Kier molecular flexibility index (Phi) is 5.67. The number of carbonyl (C=O) groups excluding carboxylic acids is 1. The van der Waals surface area contributed by atoms with Crippen LogP contribution in [0.5, 0.6) is 5.75 Å². The number of ether oxygens (including phenoxy) is 1. The average molecular weight is 437 g/mol. The summed E-state index contributed by atoms with van der Waals surface area (Å²) in [6, 6.07) is 9.39. The summed E-state index contributed by atoms with van der Waals surface area (Å²) in [5.41, 5.74) is 1.53. The number of aryl methyl sites for hydroxylation is 2. The zero-order chi connectivity index (χ0) is 22.8. The van der Waals surface area contributed by atoms with E-state index in [2.05, 4.69) is 20.8 Å². The molecule has 2 aromatic carbocycles. The number of nitrogens with one attached hydrogen (secondary N) is 1. The Bertz CT molecular complexity index is 1380. The van der Waals surface area contributed by atoms with Gasteiger partial charge in [-0.25, -0.2) is 9.18 Å². The maximum absolute atomic E-state index is 14.2. The predicted octanol–water partition coefficient (Wildman–Crippen LogP) is 3.10. The Morgan fingerprint density at radius 1 is 1.22 bits per heavy atom. The number of nitrogens with zero attached hydrogens (tertiary/aromatic N) is 4. The van der Waals surface area contributed by atoms with E-state index in [0.29, 0.717) is 28.4 Å². The van der Waals surface area contributed by atoms with Gasteiger partial charge in [0.1, 0.15) is 17.1 Å². The fourth-order valence-electron chi connectivity index (χ4n) is 3.45. The maximum atomic E-state index is 14.2. The third-order valence-electron chi connectivity index (χ3n) is 5.19. The number of tetrazole rings is 1. The highest BCUT2D eigenvalue weighted by Gasteiger charge is 2.15. The summed E-state index contributed by atoms with van der Waals surface area (Å²) in [5.74, 6) is 0.0598. The van der Waals surface area contributed by atoms with Crippen molar-refractivity contribution in [2.24, 2.45) is 0 Å². The van der Waals surface area contributed by atoms with Crippen LogP contribution in [-0.2, 0) is 11.2 Å². The van der Waals surface area contributed by atoms with Crippen LogP contribution in [0.2, 0.25) is 0 Å². The minimum absolute atomic E-state index is 0.00300. The molecule has 32 heavy (non-hydrogen) atoms. The van der Waals surface area contributed by atoms with E-state index < -0.39 is 17.3 Å². The molecule has 0 saturated carbocycles. The number of amides is 1. The predicted molar refractivity (Wildman–Crippen MR) is 115 cm³/mol. The van der Waals surface area contributed by atoms with Gasteiger partial charge in [-0.15, -0.1) is 5.10 Å². The van der Waals surface area contributed by atoms with Crippen molar-refractivity contribution >= 4 is 22.6 Å². The quantitative estimate of drug-likeness (QED) is 0.461. The van der Waals surface area contributed by atoms with Crippen molar-refractivity contribution in [1.82, 2.24) is 20.2 Å². The second-order valence-electron chi connectivity index (χ2n) is 7.21. The van der Waals surface area contributed by atoms with Gasteiger partial charge >= 0.3 is 5.63 Å². The minimum Gasteiger partial charge on any atom is -0.497 e. The van der Waals surface area contributed by atoms with Crippen molar-refractivity contribution in [3.05, 3.63) is 69.6 Å². The van der Waals surface area contributed by atoms with E-state index in [1.807, 2.05) is 0 Å². The lowest BCUT2D eigenvalue weighted by molar-refractivity contribution is -0.116. The first-order valence-corrected chi connectivity index (χ1v) is 9.82. The second kappa shape index (κ2) is 8.58. The van der Waals surface area contributed by atoms with Gasteiger partial charge in [-0.05, 0) is 66.6 Å². The molecule has 0 saturated heterocycles. The number of methoxy groups -OCH3 is 1. The van der Waals surface area contributed by atoms with Gasteiger partial charge in [0.25, 0.3) is 0 Å². The number of hydrogen-bond acceptors (Lipinski definition) is 7. The molecular weight excluding hydrogens is 417 g/mol. The van der Waals surface area contributed by atoms with Crippen molar-refractivity contribution in [3.63, 3.8) is 0 Å². The van der Waals surface area contributed by atoms with E-state index >= 15 is 0 Å². The Hall–Kier alpha value is -4.08. The monoisotopic (exact) mass is 437 g/mol. The number of anilines is 1. The van der Waals surface area contributed by atoms with Crippen molar-refractivity contribution in [3.8, 4) is 11.4 Å². The van der Waals surface area contributed by atoms with Crippen molar-refractivity contribution in [2.45, 2.75) is 26.7 Å². The van der Waals surface area contributed by atoms with Gasteiger partial charge in [0, 0.05) is 23.4 Å². The van der Waals surface area contributed by atoms with Gasteiger partial charge < -0.3 is 14.5 Å². The Balaban J connectivity index is 1.52. The molecule has 0 spiro atoms. The largest absolute Gasteiger partial charge is 0.497 e. The molecule has 0 fully saturated rings. The van der Waals surface area contributed by atoms with Gasteiger partial charge in [-0.2, -0.15) is 4.68 Å². The maximum Gasteiger partial charge on any atom is 0.339 e. The standard InChI is InChI=1S/C22H20FN5O4/c1-12-16-6-5-15(31-3)11-20(16)32-22(30)17(12)7-9-21(29)24-19-10-14(4-8-18(19)23)28-13(2)25-26-27-28/h4-6,8,10-11H,7,9H2,1-3H3,(H,24,29). The van der Waals surface area contributed by atoms with Crippen LogP contribution in [0.15, 0.2) is 45.6 Å². The number of halogens is 1. The van der Waals surface area contributed by atoms with Crippen LogP contribution in [-0.4, -0.2) is 33.2 Å². The van der Waals surface area contributed by atoms with Crippen molar-refractivity contribution in [2.75, 3.05) is 12.4 Å². The van der Waals surface area contributed by atoms with Gasteiger partial charge in [-0.1, -0.05) is 0 Å². The van der Waals surface area contributed by atoms with E-state index in [4.69, 9.17) is 9.15 Å². The summed E-state index contributed by atoms with van der Waals surface area (Å²) in [6.07, 6.45) is 0.121. The summed E-state index contributed by atoms with van der Waals surface area (Å²) in [4.78, 5) is 25.0. The molecule has 2 aromatic heterocycles. The highest BCUT2D eigenvalue weighted by atomic mass is 19.1. The molecule has 10 heteroatoms. The summed E-state index contributed by atoms with van der Waals surface area (Å²) < 4.78 is 26.2. The van der Waals surface area contributed by atoms with Crippen LogP contribution in [0.4, 0.5) is 10.1 Å². The molecule has 164 valence electrons. The topological polar surface area (TPSA) is 112 Å². The molecule has 4 aromatic rings. The fraction of sp³-hybridized carbons (Fsp3) is 0.227. The SMILES string of the molecule is COc1ccc2c(C)c(CCC(=O)Nc3cc(-n4nnnc4C)ccc3F)c(=O)oc2c1. The highest BCUT2D eigenvalue weighted by molar-refractivity contribution is 5.91. The van der Waals surface area contributed by atoms with Crippen LogP contribution >= 0.6 is 0 Å². The normalized spacial score (nSPS) is 11.0. The average Bonchev–Trinajstić information content (AvgIpc) is 3.20. The summed E-state index contributed by atoms with van der Waals surface area (Å²) in [7, 11) is 1.53. The Morgan fingerprint density at radius 2 is 2.03 bits per heavy atom. The van der Waals surface area contributed by atoms with Gasteiger partial charge in [0.05, 0.1) is 18.5 Å². The van der Waals surface area contributed by atoms with Crippen LogP contribution < -0.4 is 15.7 Å². The summed E-state index contributed by atoms with van der Waals surface area (Å²) in [5, 5.41) is 14.5. The van der Waals surface area contributed by atoms with Crippen molar-refractivity contribution in [1.29, 1.82) is 0 Å². The first-order valence-electron chi connectivity index (χ1n) is 9.82. The van der Waals surface area contributed by atoms with Crippen LogP contribution in [0.3, 0.4) is 0 Å². The van der Waals surface area contributed by atoms with Crippen molar-refractivity contribution < 1.29 is 18.3 Å². The second-order valence-corrected chi connectivity index (χ2v) is 7.21. The molecular formula is C22H20FN5O4. The number of fused-ring (bicyclic) bond motifs is 1. The number of benzene rings is 2. The first-order chi connectivity index (χ1) is 15.4. The number of aromatic nitrogens is 4. The van der Waals surface area contributed by atoms with E-state index in [1.54, 1.807) is 32.0 Å². The molecule has 0 bridgehead atoms. The van der Waals surface area contributed by atoms with E-state index in [9.17, 15) is 14.0 Å². The third kappa shape index (κ3) is 4.07. The lowest BCUT2D eigenvalue weighted by Gasteiger charge is -2.10. The first kappa shape index (κ1) is 21.2. The van der Waals surface area contributed by atoms with Gasteiger partial charge in [0.2, 0.25) is 5.91 Å². The molecule has 9 nitrogen and oxygen atoms in total. The molecule has 2 heterocycles. The van der Waals surface area contributed by atoms with Crippen LogP contribution in [0, 0.1) is 19.7 Å². The molecule has 0 aliphatic rings. The lowest BCUT2D eigenvalue weighted by Crippen LogP contribution is -2.17.